The maximum Gasteiger partial charge on any atom is 0.224 e. The summed E-state index contributed by atoms with van der Waals surface area (Å²) < 4.78 is 0. The van der Waals surface area contributed by atoms with Crippen molar-refractivity contribution in [2.75, 3.05) is 19.6 Å². The number of likely N-dealkylation sites (tertiary alicyclic amines) is 1. The average molecular weight is 377 g/mol. The summed E-state index contributed by atoms with van der Waals surface area (Å²) in [6, 6.07) is 19.6. The Morgan fingerprint density at radius 3 is 2.18 bits per heavy atom. The third kappa shape index (κ3) is 5.02. The molecule has 1 saturated carbocycles. The van der Waals surface area contributed by atoms with Crippen LogP contribution >= 0.6 is 0 Å². The molecule has 148 valence electrons. The van der Waals surface area contributed by atoms with Crippen LogP contribution in [-0.4, -0.2) is 36.5 Å². The maximum absolute atomic E-state index is 12.4. The second-order valence-electron chi connectivity index (χ2n) is 8.46. The van der Waals surface area contributed by atoms with Gasteiger partial charge in [0.25, 0.3) is 0 Å². The van der Waals surface area contributed by atoms with Crippen LogP contribution in [0.25, 0.3) is 11.1 Å². The molecule has 1 aliphatic heterocycles. The second-order valence-corrected chi connectivity index (χ2v) is 8.46. The van der Waals surface area contributed by atoms with Gasteiger partial charge in [0.05, 0.1) is 6.42 Å². The van der Waals surface area contributed by atoms with Gasteiger partial charge in [0.1, 0.15) is 0 Å². The third-order valence-electron chi connectivity index (χ3n) is 6.50. The minimum absolute atomic E-state index is 0.144. The first-order valence-electron chi connectivity index (χ1n) is 10.9. The zero-order chi connectivity index (χ0) is 19.2. The number of carbonyl (C=O) groups excluding carboxylic acids is 1. The van der Waals surface area contributed by atoms with E-state index in [4.69, 9.17) is 0 Å². The molecule has 3 nitrogen and oxygen atoms in total. The van der Waals surface area contributed by atoms with Crippen molar-refractivity contribution >= 4 is 5.91 Å². The smallest absolute Gasteiger partial charge is 0.224 e. The molecule has 1 heterocycles. The number of nitrogens with one attached hydrogen (secondary N) is 1. The van der Waals surface area contributed by atoms with E-state index in [1.807, 2.05) is 6.07 Å². The van der Waals surface area contributed by atoms with Crippen molar-refractivity contribution in [3.8, 4) is 11.1 Å². The lowest BCUT2D eigenvalue weighted by Gasteiger charge is -2.36. The molecule has 0 spiro atoms. The predicted octanol–water partition coefficient (Wildman–Crippen LogP) is 4.67. The van der Waals surface area contributed by atoms with Crippen molar-refractivity contribution in [2.45, 2.75) is 51.0 Å². The number of piperidine rings is 1. The summed E-state index contributed by atoms with van der Waals surface area (Å²) in [7, 11) is 0. The highest BCUT2D eigenvalue weighted by Crippen LogP contribution is 2.27. The fourth-order valence-electron chi connectivity index (χ4n) is 4.74. The molecule has 1 aliphatic carbocycles. The first kappa shape index (κ1) is 19.2. The van der Waals surface area contributed by atoms with Gasteiger partial charge in [-0.15, -0.1) is 0 Å². The van der Waals surface area contributed by atoms with E-state index in [0.717, 1.165) is 18.2 Å². The molecule has 1 amide bonds. The molecule has 0 unspecified atom stereocenters. The van der Waals surface area contributed by atoms with Crippen molar-refractivity contribution in [2.24, 2.45) is 5.92 Å². The molecule has 2 aliphatic rings. The fraction of sp³-hybridized carbons (Fsp3) is 0.480. The van der Waals surface area contributed by atoms with E-state index >= 15 is 0 Å². The molecule has 1 saturated heterocycles. The van der Waals surface area contributed by atoms with E-state index in [-0.39, 0.29) is 5.91 Å². The molecule has 2 fully saturated rings. The maximum atomic E-state index is 12.4. The highest BCUT2D eigenvalue weighted by Gasteiger charge is 2.27. The van der Waals surface area contributed by atoms with Crippen LogP contribution in [0.15, 0.2) is 54.6 Å². The van der Waals surface area contributed by atoms with Gasteiger partial charge in [0.15, 0.2) is 0 Å². The predicted molar refractivity (Wildman–Crippen MR) is 115 cm³/mol. The van der Waals surface area contributed by atoms with Crippen molar-refractivity contribution in [1.29, 1.82) is 0 Å². The Balaban J connectivity index is 1.20. The summed E-state index contributed by atoms with van der Waals surface area (Å²) in [5.41, 5.74) is 3.48. The van der Waals surface area contributed by atoms with Gasteiger partial charge in [-0.2, -0.15) is 0 Å². The largest absolute Gasteiger partial charge is 0.356 e. The molecule has 4 rings (SSSR count). The Morgan fingerprint density at radius 2 is 1.50 bits per heavy atom. The van der Waals surface area contributed by atoms with Gasteiger partial charge < -0.3 is 10.2 Å². The Morgan fingerprint density at radius 1 is 0.857 bits per heavy atom. The highest BCUT2D eigenvalue weighted by atomic mass is 16.1. The topological polar surface area (TPSA) is 32.3 Å². The first-order valence-corrected chi connectivity index (χ1v) is 10.9. The summed E-state index contributed by atoms with van der Waals surface area (Å²) in [6.07, 6.45) is 8.52. The Kier molecular flexibility index (Phi) is 6.43. The Labute approximate surface area is 169 Å². The fourth-order valence-corrected chi connectivity index (χ4v) is 4.74. The highest BCUT2D eigenvalue weighted by molar-refractivity contribution is 5.78. The second kappa shape index (κ2) is 9.38. The number of amides is 1. The van der Waals surface area contributed by atoms with E-state index in [1.54, 1.807) is 0 Å². The van der Waals surface area contributed by atoms with Crippen molar-refractivity contribution < 1.29 is 4.79 Å². The molecule has 3 heteroatoms. The minimum atomic E-state index is 0.144. The van der Waals surface area contributed by atoms with Crippen LogP contribution in [0.2, 0.25) is 0 Å². The molecule has 2 aromatic carbocycles. The minimum Gasteiger partial charge on any atom is -0.356 e. The van der Waals surface area contributed by atoms with Crippen LogP contribution in [-0.2, 0) is 11.2 Å². The molecule has 0 bridgehead atoms. The van der Waals surface area contributed by atoms with Gasteiger partial charge in [-0.3, -0.25) is 4.79 Å². The zero-order valence-electron chi connectivity index (χ0n) is 16.8. The van der Waals surface area contributed by atoms with Crippen LogP contribution in [0.1, 0.15) is 44.1 Å². The van der Waals surface area contributed by atoms with Crippen LogP contribution < -0.4 is 5.32 Å². The van der Waals surface area contributed by atoms with Crippen LogP contribution in [0.3, 0.4) is 0 Å². The van der Waals surface area contributed by atoms with Gasteiger partial charge >= 0.3 is 0 Å². The SMILES string of the molecule is O=C(Cc1ccc(-c2ccccc2)cc1)NCC1CCN(C2CCCC2)CC1. The summed E-state index contributed by atoms with van der Waals surface area (Å²) >= 11 is 0. The first-order chi connectivity index (χ1) is 13.8. The third-order valence-corrected chi connectivity index (χ3v) is 6.50. The summed E-state index contributed by atoms with van der Waals surface area (Å²) in [5.74, 6) is 0.785. The number of benzene rings is 2. The Bertz CT molecular complexity index is 742. The van der Waals surface area contributed by atoms with Gasteiger partial charge in [0, 0.05) is 12.6 Å². The number of carbonyl (C=O) groups is 1. The molecule has 2 aromatic rings. The van der Waals surface area contributed by atoms with Crippen LogP contribution in [0, 0.1) is 5.92 Å². The lowest BCUT2D eigenvalue weighted by molar-refractivity contribution is -0.120. The van der Waals surface area contributed by atoms with Crippen molar-refractivity contribution in [3.05, 3.63) is 60.2 Å². The lowest BCUT2D eigenvalue weighted by atomic mass is 9.95. The van der Waals surface area contributed by atoms with E-state index in [1.165, 1.54) is 62.7 Å². The molecule has 0 atom stereocenters. The summed E-state index contributed by atoms with van der Waals surface area (Å²) in [4.78, 5) is 15.1. The molecule has 0 radical (unpaired) electrons. The molecular formula is C25H32N2O. The van der Waals surface area contributed by atoms with E-state index in [2.05, 4.69) is 58.7 Å². The molecular weight excluding hydrogens is 344 g/mol. The lowest BCUT2D eigenvalue weighted by Crippen LogP contribution is -2.42. The quantitative estimate of drug-likeness (QED) is 0.795. The van der Waals surface area contributed by atoms with Crippen molar-refractivity contribution in [3.63, 3.8) is 0 Å². The summed E-state index contributed by atoms with van der Waals surface area (Å²) in [6.45, 7) is 3.26. The van der Waals surface area contributed by atoms with Crippen LogP contribution in [0.4, 0.5) is 0 Å². The summed E-state index contributed by atoms with van der Waals surface area (Å²) in [5, 5.41) is 3.17. The van der Waals surface area contributed by atoms with Crippen LogP contribution in [0.5, 0.6) is 0 Å². The van der Waals surface area contributed by atoms with E-state index in [9.17, 15) is 4.79 Å². The average Bonchev–Trinajstić information content (AvgIpc) is 3.29. The van der Waals surface area contributed by atoms with E-state index < -0.39 is 0 Å². The monoisotopic (exact) mass is 376 g/mol. The number of nitrogens with zero attached hydrogens (tertiary/aromatic N) is 1. The van der Waals surface area contributed by atoms with Gasteiger partial charge in [-0.1, -0.05) is 67.4 Å². The molecule has 28 heavy (non-hydrogen) atoms. The standard InChI is InChI=1S/C25H32N2O/c28-25(18-20-10-12-23(13-11-20)22-6-2-1-3-7-22)26-19-21-14-16-27(17-15-21)24-8-4-5-9-24/h1-3,6-7,10-13,21,24H,4-5,8-9,14-19H2,(H,26,28). The van der Waals surface area contributed by atoms with Crippen molar-refractivity contribution in [1.82, 2.24) is 10.2 Å². The van der Waals surface area contributed by atoms with Gasteiger partial charge in [-0.05, 0) is 61.4 Å². The van der Waals surface area contributed by atoms with Gasteiger partial charge in [0.2, 0.25) is 5.91 Å². The molecule has 1 N–H and O–H groups in total. The van der Waals surface area contributed by atoms with E-state index in [0.29, 0.717) is 12.3 Å². The zero-order valence-corrected chi connectivity index (χ0v) is 16.8. The van der Waals surface area contributed by atoms with Gasteiger partial charge in [-0.25, -0.2) is 0 Å². The number of rotatable bonds is 6. The number of hydrogen-bond donors (Lipinski definition) is 1. The molecule has 0 aromatic heterocycles. The Hall–Kier alpha value is -2.13. The normalized spacial score (nSPS) is 19.0. The number of hydrogen-bond acceptors (Lipinski definition) is 2.